The molecule has 3 rings (SSSR count). The second-order valence-corrected chi connectivity index (χ2v) is 10.2. The highest BCUT2D eigenvalue weighted by Crippen LogP contribution is 2.30. The van der Waals surface area contributed by atoms with E-state index in [4.69, 9.17) is 10.7 Å². The molecule has 1 saturated carbocycles. The first-order valence-corrected chi connectivity index (χ1v) is 13.1. The number of hydrazone groups is 1. The van der Waals surface area contributed by atoms with Crippen LogP contribution in [0.5, 0.6) is 0 Å². The molecule has 1 atom stereocenters. The van der Waals surface area contributed by atoms with Crippen LogP contribution in [0.1, 0.15) is 45.1 Å². The summed E-state index contributed by atoms with van der Waals surface area (Å²) in [4.78, 5) is 18.3. The number of nitrogens with two attached hydrogens (primary N) is 1. The Morgan fingerprint density at radius 1 is 1.28 bits per heavy atom. The van der Waals surface area contributed by atoms with E-state index in [9.17, 15) is 15.0 Å². The molecule has 0 aromatic carbocycles. The van der Waals surface area contributed by atoms with Crippen molar-refractivity contribution in [2.45, 2.75) is 45.6 Å². The van der Waals surface area contributed by atoms with E-state index in [1.165, 1.54) is 16.6 Å². The number of hydrogen-bond acceptors (Lipinski definition) is 8. The Bertz CT molecular complexity index is 1090. The van der Waals surface area contributed by atoms with Gasteiger partial charge < -0.3 is 20.8 Å². The van der Waals surface area contributed by atoms with E-state index >= 15 is 0 Å². The van der Waals surface area contributed by atoms with Crippen LogP contribution in [0.15, 0.2) is 68.3 Å². The van der Waals surface area contributed by atoms with E-state index in [0.29, 0.717) is 25.2 Å². The SMILES string of the molecule is CC(=N/C=C(/C=N\N(C)/C(N)=C/C(C)O)C1=CC=C(c2ccsc2)N(C)C1)C1CCC(C(=O)O)CC1. The number of carboxylic acids is 1. The molecule has 194 valence electrons. The zero-order valence-corrected chi connectivity index (χ0v) is 22.3. The highest BCUT2D eigenvalue weighted by molar-refractivity contribution is 7.08. The van der Waals surface area contributed by atoms with E-state index in [1.807, 2.05) is 13.1 Å². The Morgan fingerprint density at radius 2 is 1.97 bits per heavy atom. The van der Waals surface area contributed by atoms with Gasteiger partial charge in [-0.25, -0.2) is 0 Å². The second-order valence-electron chi connectivity index (χ2n) is 9.45. The molecule has 4 N–H and O–H groups in total. The highest BCUT2D eigenvalue weighted by Gasteiger charge is 2.27. The van der Waals surface area contributed by atoms with Gasteiger partial charge in [0.05, 0.1) is 18.2 Å². The molecule has 0 bridgehead atoms. The summed E-state index contributed by atoms with van der Waals surface area (Å²) in [6.45, 7) is 4.35. The van der Waals surface area contributed by atoms with Crippen molar-refractivity contribution in [1.29, 1.82) is 0 Å². The van der Waals surface area contributed by atoms with E-state index in [-0.39, 0.29) is 11.8 Å². The van der Waals surface area contributed by atoms with E-state index in [2.05, 4.69) is 46.0 Å². The minimum Gasteiger partial charge on any atom is -0.481 e. The molecule has 1 aromatic heterocycles. The lowest BCUT2D eigenvalue weighted by Crippen LogP contribution is -2.25. The van der Waals surface area contributed by atoms with Crippen molar-refractivity contribution < 1.29 is 15.0 Å². The molecule has 1 aliphatic carbocycles. The van der Waals surface area contributed by atoms with Crippen LogP contribution < -0.4 is 5.73 Å². The number of likely N-dealkylation sites (N-methyl/N-ethyl adjacent to an activating group) is 1. The summed E-state index contributed by atoms with van der Waals surface area (Å²) in [5.41, 5.74) is 11.3. The molecule has 2 aliphatic rings. The molecule has 2 heterocycles. The lowest BCUT2D eigenvalue weighted by molar-refractivity contribution is -0.142. The molecule has 9 heteroatoms. The molecule has 0 amide bonds. The molecule has 36 heavy (non-hydrogen) atoms. The van der Waals surface area contributed by atoms with E-state index in [0.717, 1.165) is 35.4 Å². The Morgan fingerprint density at radius 3 is 2.56 bits per heavy atom. The zero-order chi connectivity index (χ0) is 26.2. The largest absolute Gasteiger partial charge is 0.481 e. The quantitative estimate of drug-likeness (QED) is 0.336. The van der Waals surface area contributed by atoms with Gasteiger partial charge in [-0.2, -0.15) is 16.4 Å². The topological polar surface area (TPSA) is 115 Å². The third-order valence-corrected chi connectivity index (χ3v) is 7.36. The number of thiophene rings is 1. The van der Waals surface area contributed by atoms with Crippen LogP contribution in [0.2, 0.25) is 0 Å². The molecular formula is C27H37N5O3S. The van der Waals surface area contributed by atoms with Gasteiger partial charge in [-0.1, -0.05) is 6.08 Å². The van der Waals surface area contributed by atoms with Crippen molar-refractivity contribution in [2.24, 2.45) is 27.7 Å². The minimum absolute atomic E-state index is 0.241. The minimum atomic E-state index is -0.697. The summed E-state index contributed by atoms with van der Waals surface area (Å²) in [5, 5.41) is 29.1. The van der Waals surface area contributed by atoms with Crippen LogP contribution in [0.4, 0.5) is 0 Å². The maximum absolute atomic E-state index is 11.3. The van der Waals surface area contributed by atoms with Gasteiger partial charge in [-0.15, -0.1) is 0 Å². The number of carbonyl (C=O) groups is 1. The monoisotopic (exact) mass is 511 g/mol. The van der Waals surface area contributed by atoms with Crippen molar-refractivity contribution >= 4 is 34.9 Å². The van der Waals surface area contributed by atoms with Crippen LogP contribution in [0.3, 0.4) is 0 Å². The van der Waals surface area contributed by atoms with Crippen molar-refractivity contribution in [3.8, 4) is 0 Å². The van der Waals surface area contributed by atoms with Gasteiger partial charge in [0.2, 0.25) is 0 Å². The predicted octanol–water partition coefficient (Wildman–Crippen LogP) is 4.30. The van der Waals surface area contributed by atoms with Gasteiger partial charge in [0, 0.05) is 54.8 Å². The standard InChI is InChI=1S/C27H37N5O3S/c1-18(33)13-26(28)32(4)30-15-24(14-29-19(2)20-5-7-21(8-6-20)27(34)35)22-9-10-25(31(3)16-22)23-11-12-36-17-23/h9-15,17-18,20-21,33H,5-8,16,28H2,1-4H3,(H,34,35)/b24-14-,26-13+,29-19?,30-15-. The lowest BCUT2D eigenvalue weighted by Gasteiger charge is -2.27. The summed E-state index contributed by atoms with van der Waals surface area (Å²) in [6.07, 6.45) is 11.7. The highest BCUT2D eigenvalue weighted by atomic mass is 32.1. The molecular weight excluding hydrogens is 474 g/mol. The number of aliphatic carboxylic acids is 1. The van der Waals surface area contributed by atoms with Crippen molar-refractivity contribution in [3.05, 3.63) is 63.8 Å². The first-order valence-electron chi connectivity index (χ1n) is 12.2. The van der Waals surface area contributed by atoms with Gasteiger partial charge in [-0.05, 0) is 74.6 Å². The average molecular weight is 512 g/mol. The number of hydrogen-bond donors (Lipinski definition) is 3. The maximum Gasteiger partial charge on any atom is 0.306 e. The molecule has 8 nitrogen and oxygen atoms in total. The third-order valence-electron chi connectivity index (χ3n) is 6.68. The van der Waals surface area contributed by atoms with Gasteiger partial charge >= 0.3 is 5.97 Å². The normalized spacial score (nSPS) is 22.9. The van der Waals surface area contributed by atoms with Crippen molar-refractivity contribution in [1.82, 2.24) is 9.91 Å². The van der Waals surface area contributed by atoms with Gasteiger partial charge in [0.15, 0.2) is 0 Å². The molecule has 1 aromatic rings. The van der Waals surface area contributed by atoms with E-state index in [1.54, 1.807) is 31.5 Å². The van der Waals surface area contributed by atoms with Crippen molar-refractivity contribution in [3.63, 3.8) is 0 Å². The fraction of sp³-hybridized carbons (Fsp3) is 0.444. The summed E-state index contributed by atoms with van der Waals surface area (Å²) in [7, 11) is 3.80. The fourth-order valence-corrected chi connectivity index (χ4v) is 5.07. The maximum atomic E-state index is 11.3. The van der Waals surface area contributed by atoms with Gasteiger partial charge in [0.25, 0.3) is 0 Å². The van der Waals surface area contributed by atoms with Crippen LogP contribution in [-0.2, 0) is 4.79 Å². The number of aliphatic hydroxyl groups excluding tert-OH is 1. The molecule has 1 unspecified atom stereocenters. The smallest absolute Gasteiger partial charge is 0.306 e. The van der Waals surface area contributed by atoms with Gasteiger partial charge in [0.1, 0.15) is 5.82 Å². The molecule has 0 radical (unpaired) electrons. The number of nitrogens with zero attached hydrogens (tertiary/aromatic N) is 4. The zero-order valence-electron chi connectivity index (χ0n) is 21.5. The Balaban J connectivity index is 1.86. The summed E-state index contributed by atoms with van der Waals surface area (Å²) >= 11 is 1.68. The van der Waals surface area contributed by atoms with Crippen LogP contribution in [0.25, 0.3) is 5.70 Å². The Hall–Kier alpha value is -3.17. The average Bonchev–Trinajstić information content (AvgIpc) is 3.38. The Kier molecular flexibility index (Phi) is 9.66. The number of allylic oxidation sites excluding steroid dienone is 2. The molecule has 1 aliphatic heterocycles. The van der Waals surface area contributed by atoms with Crippen LogP contribution in [0, 0.1) is 11.8 Å². The third kappa shape index (κ3) is 7.41. The predicted molar refractivity (Wildman–Crippen MR) is 147 cm³/mol. The second kappa shape index (κ2) is 12.7. The van der Waals surface area contributed by atoms with Crippen LogP contribution in [-0.4, -0.2) is 64.8 Å². The number of aliphatic hydroxyl groups is 1. The number of aliphatic imine (C=N–C) groups is 1. The first kappa shape index (κ1) is 27.4. The molecule has 1 fully saturated rings. The van der Waals surface area contributed by atoms with E-state index < -0.39 is 12.1 Å². The molecule has 0 spiro atoms. The summed E-state index contributed by atoms with van der Waals surface area (Å²) < 4.78 is 0. The number of carboxylic acid groups (broad SMARTS) is 1. The Labute approximate surface area is 217 Å². The molecule has 0 saturated heterocycles. The van der Waals surface area contributed by atoms with Crippen LogP contribution >= 0.6 is 11.3 Å². The van der Waals surface area contributed by atoms with Gasteiger partial charge in [-0.3, -0.25) is 14.8 Å². The lowest BCUT2D eigenvalue weighted by atomic mass is 9.80. The fourth-order valence-electron chi connectivity index (χ4n) is 4.42. The first-order chi connectivity index (χ1) is 17.2. The van der Waals surface area contributed by atoms with Crippen molar-refractivity contribution in [2.75, 3.05) is 20.6 Å². The summed E-state index contributed by atoms with van der Waals surface area (Å²) in [6, 6.07) is 2.11. The summed E-state index contributed by atoms with van der Waals surface area (Å²) in [5.74, 6) is -0.298. The number of rotatable bonds is 9.